The lowest BCUT2D eigenvalue weighted by molar-refractivity contribution is 0.0528. The number of halogens is 2. The van der Waals surface area contributed by atoms with Crippen LogP contribution in [0.4, 0.5) is 5.00 Å². The third kappa shape index (κ3) is 4.04. The first-order chi connectivity index (χ1) is 10.0. The highest BCUT2D eigenvalue weighted by molar-refractivity contribution is 14.1. The zero-order chi connectivity index (χ0) is 15.4. The molecule has 4 nitrogen and oxygen atoms in total. The van der Waals surface area contributed by atoms with Gasteiger partial charge in [0.15, 0.2) is 0 Å². The second-order valence-corrected chi connectivity index (χ2v) is 6.98. The summed E-state index contributed by atoms with van der Waals surface area (Å²) in [6.07, 6.45) is 0. The highest BCUT2D eigenvalue weighted by Gasteiger charge is 2.18. The zero-order valence-corrected chi connectivity index (χ0v) is 15.5. The van der Waals surface area contributed by atoms with Gasteiger partial charge < -0.3 is 10.1 Å². The average molecular weight is 480 g/mol. The molecule has 1 aromatic carbocycles. The van der Waals surface area contributed by atoms with Crippen molar-refractivity contribution < 1.29 is 14.3 Å². The van der Waals surface area contributed by atoms with Crippen molar-refractivity contribution in [3.8, 4) is 0 Å². The maximum Gasteiger partial charge on any atom is 0.341 e. The monoisotopic (exact) mass is 479 g/mol. The number of carbonyl (C=O) groups is 2. The largest absolute Gasteiger partial charge is 0.462 e. The van der Waals surface area contributed by atoms with Crippen molar-refractivity contribution in [3.05, 3.63) is 48.8 Å². The van der Waals surface area contributed by atoms with Crippen molar-refractivity contribution in [2.75, 3.05) is 11.9 Å². The number of benzene rings is 1. The van der Waals surface area contributed by atoms with Crippen LogP contribution in [-0.4, -0.2) is 18.5 Å². The summed E-state index contributed by atoms with van der Waals surface area (Å²) in [4.78, 5) is 24.1. The molecule has 0 spiro atoms. The molecule has 0 bridgehead atoms. The highest BCUT2D eigenvalue weighted by atomic mass is 127. The van der Waals surface area contributed by atoms with E-state index in [-0.39, 0.29) is 5.91 Å². The highest BCUT2D eigenvalue weighted by Crippen LogP contribution is 2.26. The van der Waals surface area contributed by atoms with E-state index in [1.54, 1.807) is 24.4 Å². The van der Waals surface area contributed by atoms with E-state index in [0.717, 1.165) is 3.57 Å². The Morgan fingerprint density at radius 3 is 2.81 bits per heavy atom. The molecule has 1 heterocycles. The van der Waals surface area contributed by atoms with Crippen LogP contribution in [0.1, 0.15) is 27.6 Å². The van der Waals surface area contributed by atoms with Gasteiger partial charge in [-0.05, 0) is 75.1 Å². The number of carbonyl (C=O) groups excluding carboxylic acids is 2. The lowest BCUT2D eigenvalue weighted by atomic mass is 10.2. The number of nitrogens with one attached hydrogen (secondary N) is 1. The summed E-state index contributed by atoms with van der Waals surface area (Å²) in [5.41, 5.74) is 0.891. The molecular weight excluding hydrogens is 469 g/mol. The lowest BCUT2D eigenvalue weighted by Crippen LogP contribution is -2.15. The summed E-state index contributed by atoms with van der Waals surface area (Å²) in [6, 6.07) is 7.13. The van der Waals surface area contributed by atoms with Crippen LogP contribution >= 0.6 is 49.9 Å². The van der Waals surface area contributed by atoms with Crippen LogP contribution in [0.15, 0.2) is 34.1 Å². The quantitative estimate of drug-likeness (QED) is 0.517. The minimum Gasteiger partial charge on any atom is -0.462 e. The molecule has 7 heteroatoms. The minimum atomic E-state index is -0.434. The van der Waals surface area contributed by atoms with Gasteiger partial charge in [-0.3, -0.25) is 4.79 Å². The van der Waals surface area contributed by atoms with Gasteiger partial charge in [0.05, 0.1) is 17.7 Å². The van der Waals surface area contributed by atoms with Crippen molar-refractivity contribution in [3.63, 3.8) is 0 Å². The number of amides is 1. The average Bonchev–Trinajstić information content (AvgIpc) is 2.90. The number of esters is 1. The summed E-state index contributed by atoms with van der Waals surface area (Å²) in [7, 11) is 0. The Balaban J connectivity index is 2.22. The SMILES string of the molecule is CCOC(=O)c1ccsc1NC(=O)c1cc(I)ccc1Br. The summed E-state index contributed by atoms with van der Waals surface area (Å²) in [5, 5.41) is 4.99. The standard InChI is InChI=1S/C14H11BrINO3S/c1-2-20-14(19)9-5-6-21-13(9)17-12(18)10-7-8(16)3-4-11(10)15/h3-7H,2H2,1H3,(H,17,18). The minimum absolute atomic E-state index is 0.270. The topological polar surface area (TPSA) is 55.4 Å². The molecule has 0 saturated heterocycles. The van der Waals surface area contributed by atoms with Gasteiger partial charge in [-0.15, -0.1) is 11.3 Å². The molecule has 0 aliphatic carbocycles. The molecular formula is C14H11BrINO3S. The molecule has 0 saturated carbocycles. The third-order valence-electron chi connectivity index (χ3n) is 2.56. The molecule has 0 atom stereocenters. The predicted octanol–water partition coefficient (Wildman–Crippen LogP) is 4.54. The molecule has 1 N–H and O–H groups in total. The van der Waals surface area contributed by atoms with Gasteiger partial charge in [0.25, 0.3) is 5.91 Å². The predicted molar refractivity (Wildman–Crippen MR) is 95.1 cm³/mol. The Morgan fingerprint density at radius 2 is 2.10 bits per heavy atom. The Bertz CT molecular complexity index is 687. The van der Waals surface area contributed by atoms with Crippen LogP contribution in [0.2, 0.25) is 0 Å². The molecule has 1 aromatic heterocycles. The molecule has 2 rings (SSSR count). The molecule has 0 radical (unpaired) electrons. The van der Waals surface area contributed by atoms with E-state index >= 15 is 0 Å². The second kappa shape index (κ2) is 7.37. The van der Waals surface area contributed by atoms with Gasteiger partial charge in [0.2, 0.25) is 0 Å². The summed E-state index contributed by atoms with van der Waals surface area (Å²) < 4.78 is 6.62. The molecule has 0 unspecified atom stereocenters. The fourth-order valence-corrected chi connectivity index (χ4v) is 3.31. The van der Waals surface area contributed by atoms with E-state index in [1.165, 1.54) is 11.3 Å². The van der Waals surface area contributed by atoms with Crippen molar-refractivity contribution in [2.45, 2.75) is 6.92 Å². The van der Waals surface area contributed by atoms with Crippen LogP contribution in [-0.2, 0) is 4.74 Å². The zero-order valence-electron chi connectivity index (χ0n) is 11.0. The van der Waals surface area contributed by atoms with Crippen molar-refractivity contribution >= 4 is 66.7 Å². The van der Waals surface area contributed by atoms with Gasteiger partial charge in [-0.25, -0.2) is 4.79 Å². The first kappa shape index (κ1) is 16.4. The molecule has 0 fully saturated rings. The number of thiophene rings is 1. The van der Waals surface area contributed by atoms with E-state index in [0.29, 0.717) is 27.2 Å². The normalized spacial score (nSPS) is 10.2. The molecule has 0 aliphatic rings. The lowest BCUT2D eigenvalue weighted by Gasteiger charge is -2.08. The van der Waals surface area contributed by atoms with Crippen molar-refractivity contribution in [2.24, 2.45) is 0 Å². The number of ether oxygens (including phenoxy) is 1. The van der Waals surface area contributed by atoms with Crippen molar-refractivity contribution in [1.82, 2.24) is 0 Å². The summed E-state index contributed by atoms with van der Waals surface area (Å²) in [6.45, 7) is 2.04. The van der Waals surface area contributed by atoms with Gasteiger partial charge in [0, 0.05) is 8.04 Å². The first-order valence-electron chi connectivity index (χ1n) is 6.04. The third-order valence-corrected chi connectivity index (χ3v) is 4.75. The van der Waals surface area contributed by atoms with Crippen LogP contribution in [0.25, 0.3) is 0 Å². The van der Waals surface area contributed by atoms with Crippen LogP contribution in [0.3, 0.4) is 0 Å². The molecule has 21 heavy (non-hydrogen) atoms. The molecule has 2 aromatic rings. The molecule has 110 valence electrons. The maximum absolute atomic E-state index is 12.3. The Hall–Kier alpha value is -0.930. The summed E-state index contributed by atoms with van der Waals surface area (Å²) >= 11 is 6.78. The van der Waals surface area contributed by atoms with E-state index in [9.17, 15) is 9.59 Å². The van der Waals surface area contributed by atoms with E-state index < -0.39 is 5.97 Å². The molecule has 1 amide bonds. The van der Waals surface area contributed by atoms with E-state index in [1.807, 2.05) is 12.1 Å². The number of anilines is 1. The van der Waals surface area contributed by atoms with E-state index in [2.05, 4.69) is 43.8 Å². The Kier molecular flexibility index (Phi) is 5.77. The van der Waals surface area contributed by atoms with Crippen molar-refractivity contribution in [1.29, 1.82) is 0 Å². The van der Waals surface area contributed by atoms with Crippen LogP contribution < -0.4 is 5.32 Å². The number of rotatable bonds is 4. The molecule has 0 aliphatic heterocycles. The summed E-state index contributed by atoms with van der Waals surface area (Å²) in [5.74, 6) is -0.704. The van der Waals surface area contributed by atoms with E-state index in [4.69, 9.17) is 4.74 Å². The van der Waals surface area contributed by atoms with Gasteiger partial charge in [0.1, 0.15) is 5.00 Å². The Morgan fingerprint density at radius 1 is 1.33 bits per heavy atom. The Labute approximate surface area is 148 Å². The fourth-order valence-electron chi connectivity index (χ4n) is 1.62. The smallest absolute Gasteiger partial charge is 0.341 e. The number of hydrogen-bond acceptors (Lipinski definition) is 4. The number of hydrogen-bond donors (Lipinski definition) is 1. The van der Waals surface area contributed by atoms with Gasteiger partial charge >= 0.3 is 5.97 Å². The first-order valence-corrected chi connectivity index (χ1v) is 8.79. The van der Waals surface area contributed by atoms with Crippen LogP contribution in [0, 0.1) is 3.57 Å². The van der Waals surface area contributed by atoms with Gasteiger partial charge in [-0.1, -0.05) is 0 Å². The van der Waals surface area contributed by atoms with Crippen LogP contribution in [0.5, 0.6) is 0 Å². The van der Waals surface area contributed by atoms with Gasteiger partial charge in [-0.2, -0.15) is 0 Å². The fraction of sp³-hybridized carbons (Fsp3) is 0.143. The second-order valence-electron chi connectivity index (χ2n) is 3.96. The maximum atomic E-state index is 12.3.